The molecule has 8 aromatic rings. The van der Waals surface area contributed by atoms with Crippen molar-refractivity contribution < 1.29 is 4.42 Å². The quantitative estimate of drug-likeness (QED) is 0.189. The van der Waals surface area contributed by atoms with Crippen molar-refractivity contribution in [1.82, 2.24) is 19.9 Å². The van der Waals surface area contributed by atoms with E-state index in [1.165, 1.54) is 0 Å². The summed E-state index contributed by atoms with van der Waals surface area (Å²) in [5, 5.41) is 2.09. The number of furan rings is 1. The van der Waals surface area contributed by atoms with Crippen LogP contribution in [0.25, 0.3) is 78.4 Å². The number of aromatic nitrogens is 4. The molecule has 0 aliphatic rings. The monoisotopic (exact) mass is 630 g/mol. The number of hydrogen-bond acceptors (Lipinski definition) is 5. The molecule has 0 spiro atoms. The fourth-order valence-electron chi connectivity index (χ4n) is 5.50. The van der Waals surface area contributed by atoms with Crippen LogP contribution in [0.3, 0.4) is 0 Å². The molecule has 0 unspecified atom stereocenters. The van der Waals surface area contributed by atoms with Crippen LogP contribution in [0.5, 0.6) is 0 Å². The number of para-hydroxylation sites is 1. The van der Waals surface area contributed by atoms with Crippen LogP contribution in [0.1, 0.15) is 0 Å². The predicted octanol–water partition coefficient (Wildman–Crippen LogP) is 10.3. The molecule has 0 bridgehead atoms. The van der Waals surface area contributed by atoms with Gasteiger partial charge in [-0.25, -0.2) is 15.0 Å². The second kappa shape index (κ2) is 11.0. The fraction of sp³-hybridized carbons (Fsp3) is 0. The average molecular weight is 632 g/mol. The van der Waals surface area contributed by atoms with Gasteiger partial charge in [0.2, 0.25) is 0 Å². The normalized spacial score (nSPS) is 11.3. The average Bonchev–Trinajstić information content (AvgIpc) is 3.47. The standard InChI is InChI=1S/C38H23BrN4O/c39-31-21-29(25-12-10-24(11-13-25)26-16-18-40-19-17-26)20-30(22-31)38-42-36(27-6-2-1-3-7-27)41-37(43-38)28-14-15-35-33(23-28)32-8-4-5-9-34(32)44-35/h1-23H. The van der Waals surface area contributed by atoms with Gasteiger partial charge in [0.15, 0.2) is 17.5 Å². The van der Waals surface area contributed by atoms with E-state index >= 15 is 0 Å². The molecule has 0 saturated carbocycles. The van der Waals surface area contributed by atoms with Crippen molar-refractivity contribution in [3.8, 4) is 56.4 Å². The fourth-order valence-corrected chi connectivity index (χ4v) is 5.99. The van der Waals surface area contributed by atoms with Gasteiger partial charge in [0, 0.05) is 44.3 Å². The lowest BCUT2D eigenvalue weighted by molar-refractivity contribution is 0.669. The molecule has 0 amide bonds. The summed E-state index contributed by atoms with van der Waals surface area (Å²) < 4.78 is 7.01. The topological polar surface area (TPSA) is 64.7 Å². The van der Waals surface area contributed by atoms with E-state index in [2.05, 4.69) is 75.5 Å². The van der Waals surface area contributed by atoms with E-state index < -0.39 is 0 Å². The minimum Gasteiger partial charge on any atom is -0.456 e. The first-order valence-corrected chi connectivity index (χ1v) is 15.0. The first-order chi connectivity index (χ1) is 21.7. The lowest BCUT2D eigenvalue weighted by atomic mass is 9.99. The molecule has 5 nitrogen and oxygen atoms in total. The lowest BCUT2D eigenvalue weighted by Gasteiger charge is -2.11. The Bertz CT molecular complexity index is 2280. The molecule has 0 aliphatic heterocycles. The number of halogens is 1. The summed E-state index contributed by atoms with van der Waals surface area (Å²) in [4.78, 5) is 19.1. The molecule has 5 aromatic carbocycles. The molecule has 208 valence electrons. The number of benzene rings is 5. The molecule has 0 N–H and O–H groups in total. The molecule has 8 rings (SSSR count). The third kappa shape index (κ3) is 4.95. The number of rotatable bonds is 5. The van der Waals surface area contributed by atoms with Crippen LogP contribution >= 0.6 is 15.9 Å². The Kier molecular flexibility index (Phi) is 6.54. The highest BCUT2D eigenvalue weighted by molar-refractivity contribution is 9.10. The molecule has 3 heterocycles. The molecule has 0 radical (unpaired) electrons. The van der Waals surface area contributed by atoms with Gasteiger partial charge in [0.05, 0.1) is 0 Å². The smallest absolute Gasteiger partial charge is 0.164 e. The van der Waals surface area contributed by atoms with Crippen molar-refractivity contribution in [2.24, 2.45) is 0 Å². The van der Waals surface area contributed by atoms with Gasteiger partial charge in [-0.05, 0) is 76.9 Å². The van der Waals surface area contributed by atoms with Gasteiger partial charge < -0.3 is 4.42 Å². The van der Waals surface area contributed by atoms with Crippen molar-refractivity contribution in [3.05, 3.63) is 144 Å². The Labute approximate surface area is 262 Å². The Hall–Kier alpha value is -5.46. The van der Waals surface area contributed by atoms with Crippen molar-refractivity contribution >= 4 is 37.9 Å². The lowest BCUT2D eigenvalue weighted by Crippen LogP contribution is -2.00. The zero-order valence-corrected chi connectivity index (χ0v) is 24.9. The van der Waals surface area contributed by atoms with Gasteiger partial charge in [-0.1, -0.05) is 88.7 Å². The highest BCUT2D eigenvalue weighted by atomic mass is 79.9. The van der Waals surface area contributed by atoms with Crippen LogP contribution in [0.15, 0.2) is 149 Å². The minimum absolute atomic E-state index is 0.599. The number of pyridine rings is 1. The first-order valence-electron chi connectivity index (χ1n) is 14.2. The summed E-state index contributed by atoms with van der Waals surface area (Å²) in [5.74, 6) is 1.82. The van der Waals surface area contributed by atoms with Crippen molar-refractivity contribution in [2.75, 3.05) is 0 Å². The van der Waals surface area contributed by atoms with Gasteiger partial charge in [0.1, 0.15) is 11.2 Å². The zero-order chi connectivity index (χ0) is 29.5. The summed E-state index contributed by atoms with van der Waals surface area (Å²) >= 11 is 3.74. The largest absolute Gasteiger partial charge is 0.456 e. The van der Waals surface area contributed by atoms with Gasteiger partial charge in [-0.2, -0.15) is 0 Å². The highest BCUT2D eigenvalue weighted by Gasteiger charge is 2.16. The molecule has 3 aromatic heterocycles. The Morgan fingerprint density at radius 2 is 0.977 bits per heavy atom. The van der Waals surface area contributed by atoms with E-state index in [0.717, 1.165) is 65.4 Å². The maximum atomic E-state index is 6.07. The summed E-state index contributed by atoms with van der Waals surface area (Å²) in [6, 6.07) is 43.1. The molecule has 0 fully saturated rings. The molecular formula is C38H23BrN4O. The van der Waals surface area contributed by atoms with E-state index in [9.17, 15) is 0 Å². The summed E-state index contributed by atoms with van der Waals surface area (Å²) in [6.07, 6.45) is 3.62. The first kappa shape index (κ1) is 26.2. The Morgan fingerprint density at radius 3 is 1.75 bits per heavy atom. The van der Waals surface area contributed by atoms with Gasteiger partial charge in [0.25, 0.3) is 0 Å². The molecule has 0 aliphatic carbocycles. The number of fused-ring (bicyclic) bond motifs is 3. The Balaban J connectivity index is 1.25. The van der Waals surface area contributed by atoms with Gasteiger partial charge in [-0.3, -0.25) is 4.98 Å². The van der Waals surface area contributed by atoms with Crippen molar-refractivity contribution in [1.29, 1.82) is 0 Å². The van der Waals surface area contributed by atoms with Crippen LogP contribution in [0.4, 0.5) is 0 Å². The minimum atomic E-state index is 0.599. The predicted molar refractivity (Wildman–Crippen MR) is 180 cm³/mol. The van der Waals surface area contributed by atoms with E-state index in [-0.39, 0.29) is 0 Å². The molecular weight excluding hydrogens is 608 g/mol. The zero-order valence-electron chi connectivity index (χ0n) is 23.4. The maximum Gasteiger partial charge on any atom is 0.164 e. The third-order valence-electron chi connectivity index (χ3n) is 7.69. The van der Waals surface area contributed by atoms with Gasteiger partial charge >= 0.3 is 0 Å². The number of nitrogens with zero attached hydrogens (tertiary/aromatic N) is 4. The van der Waals surface area contributed by atoms with Crippen LogP contribution in [0.2, 0.25) is 0 Å². The van der Waals surface area contributed by atoms with E-state index in [1.54, 1.807) is 0 Å². The molecule has 44 heavy (non-hydrogen) atoms. The molecule has 6 heteroatoms. The maximum absolute atomic E-state index is 6.07. The van der Waals surface area contributed by atoms with E-state index in [4.69, 9.17) is 19.4 Å². The van der Waals surface area contributed by atoms with E-state index in [0.29, 0.717) is 17.5 Å². The molecule has 0 saturated heterocycles. The van der Waals surface area contributed by atoms with Crippen molar-refractivity contribution in [2.45, 2.75) is 0 Å². The highest BCUT2D eigenvalue weighted by Crippen LogP contribution is 2.34. The summed E-state index contributed by atoms with van der Waals surface area (Å²) in [6.45, 7) is 0. The second-order valence-electron chi connectivity index (χ2n) is 10.5. The Morgan fingerprint density at radius 1 is 0.409 bits per heavy atom. The summed E-state index contributed by atoms with van der Waals surface area (Å²) in [7, 11) is 0. The summed E-state index contributed by atoms with van der Waals surface area (Å²) in [5.41, 5.74) is 8.84. The van der Waals surface area contributed by atoms with Gasteiger partial charge in [-0.15, -0.1) is 0 Å². The second-order valence-corrected chi connectivity index (χ2v) is 11.4. The van der Waals surface area contributed by atoms with Crippen LogP contribution in [-0.4, -0.2) is 19.9 Å². The third-order valence-corrected chi connectivity index (χ3v) is 8.15. The van der Waals surface area contributed by atoms with E-state index in [1.807, 2.05) is 85.2 Å². The van der Waals surface area contributed by atoms with Crippen LogP contribution in [0, 0.1) is 0 Å². The molecule has 0 atom stereocenters. The van der Waals surface area contributed by atoms with Crippen LogP contribution < -0.4 is 0 Å². The SMILES string of the molecule is Brc1cc(-c2ccc(-c3ccncc3)cc2)cc(-c2nc(-c3ccccc3)nc(-c3ccc4oc5ccccc5c4c3)n2)c1. The van der Waals surface area contributed by atoms with Crippen molar-refractivity contribution in [3.63, 3.8) is 0 Å². The number of hydrogen-bond donors (Lipinski definition) is 0. The van der Waals surface area contributed by atoms with Crippen LogP contribution in [-0.2, 0) is 0 Å².